The third-order valence-electron chi connectivity index (χ3n) is 3.90. The van der Waals surface area contributed by atoms with Gasteiger partial charge in [-0.2, -0.15) is 0 Å². The first-order valence-corrected chi connectivity index (χ1v) is 6.05. The van der Waals surface area contributed by atoms with Gasteiger partial charge >= 0.3 is 0 Å². The van der Waals surface area contributed by atoms with Crippen molar-refractivity contribution in [3.05, 3.63) is 0 Å². The van der Waals surface area contributed by atoms with Crippen LogP contribution in [-0.4, -0.2) is 34.1 Å². The van der Waals surface area contributed by atoms with Crippen LogP contribution in [0, 0.1) is 11.3 Å². The second kappa shape index (κ2) is 5.42. The van der Waals surface area contributed by atoms with Gasteiger partial charge in [0.2, 0.25) is 0 Å². The number of aliphatic hydroxyl groups excluding tert-OH is 3. The molecule has 0 spiro atoms. The average Bonchev–Trinajstić information content (AvgIpc) is 2.18. The van der Waals surface area contributed by atoms with Gasteiger partial charge in [-0.25, -0.2) is 0 Å². The normalized spacial score (nSPS) is 42.0. The van der Waals surface area contributed by atoms with Crippen LogP contribution < -0.4 is 10.6 Å². The summed E-state index contributed by atoms with van der Waals surface area (Å²) in [5.74, 6) is 0.167. The minimum atomic E-state index is -1.06. The fourth-order valence-electron chi connectivity index (χ4n) is 2.78. The third-order valence-corrected chi connectivity index (χ3v) is 3.90. The van der Waals surface area contributed by atoms with E-state index in [1.807, 2.05) is 13.8 Å². The average molecular weight is 232 g/mol. The van der Waals surface area contributed by atoms with Crippen LogP contribution in [0.4, 0.5) is 0 Å². The van der Waals surface area contributed by atoms with Gasteiger partial charge in [-0.1, -0.05) is 33.6 Å². The lowest BCUT2D eigenvalue weighted by atomic mass is 9.68. The van der Waals surface area contributed by atoms with Crippen molar-refractivity contribution in [2.24, 2.45) is 11.3 Å². The highest BCUT2D eigenvalue weighted by atomic mass is 16.4. The Labute approximate surface area is 96.9 Å². The fourth-order valence-corrected chi connectivity index (χ4v) is 2.78. The molecule has 1 rings (SSSR count). The van der Waals surface area contributed by atoms with Crippen LogP contribution in [0.1, 0.15) is 40.0 Å². The predicted octanol–water partition coefficient (Wildman–Crippen LogP) is -0.0755. The molecule has 3 unspecified atom stereocenters. The van der Waals surface area contributed by atoms with Gasteiger partial charge in [0.1, 0.15) is 12.5 Å². The van der Waals surface area contributed by atoms with E-state index in [1.54, 1.807) is 0 Å². The molecule has 1 heterocycles. The predicted molar refractivity (Wildman–Crippen MR) is 61.1 cm³/mol. The van der Waals surface area contributed by atoms with Crippen LogP contribution in [0.2, 0.25) is 0 Å². The molecule has 0 aliphatic carbocycles. The SMILES string of the molecule is CCCC(C)C1(CC)C(O)NC(O)NC1O. The smallest absolute Gasteiger partial charge is 0.164 e. The first-order valence-electron chi connectivity index (χ1n) is 6.05. The first kappa shape index (κ1) is 13.9. The number of rotatable bonds is 4. The van der Waals surface area contributed by atoms with Gasteiger partial charge in [0.05, 0.1) is 5.41 Å². The summed E-state index contributed by atoms with van der Waals surface area (Å²) in [6, 6.07) is 0. The first-order chi connectivity index (χ1) is 7.48. The van der Waals surface area contributed by atoms with Gasteiger partial charge < -0.3 is 15.3 Å². The Balaban J connectivity index is 2.90. The largest absolute Gasteiger partial charge is 0.378 e. The Morgan fingerprint density at radius 1 is 1.12 bits per heavy atom. The molecule has 0 radical (unpaired) electrons. The van der Waals surface area contributed by atoms with E-state index in [0.29, 0.717) is 6.42 Å². The van der Waals surface area contributed by atoms with Gasteiger partial charge in [0.25, 0.3) is 0 Å². The van der Waals surface area contributed by atoms with E-state index >= 15 is 0 Å². The molecular formula is C11H24N2O3. The molecule has 0 aromatic heterocycles. The lowest BCUT2D eigenvalue weighted by Gasteiger charge is -2.50. The van der Waals surface area contributed by atoms with Gasteiger partial charge in [0, 0.05) is 0 Å². The van der Waals surface area contributed by atoms with E-state index in [2.05, 4.69) is 17.6 Å². The zero-order chi connectivity index (χ0) is 12.3. The maximum atomic E-state index is 10.1. The van der Waals surface area contributed by atoms with Gasteiger partial charge in [0.15, 0.2) is 6.35 Å². The molecular weight excluding hydrogens is 208 g/mol. The summed E-state index contributed by atoms with van der Waals surface area (Å²) in [4.78, 5) is 0. The summed E-state index contributed by atoms with van der Waals surface area (Å²) in [5.41, 5.74) is -0.644. The second-order valence-electron chi connectivity index (χ2n) is 4.70. The maximum absolute atomic E-state index is 10.1. The van der Waals surface area contributed by atoms with Crippen LogP contribution in [0.3, 0.4) is 0 Å². The maximum Gasteiger partial charge on any atom is 0.164 e. The Kier molecular flexibility index (Phi) is 4.70. The lowest BCUT2D eigenvalue weighted by molar-refractivity contribution is -0.197. The quantitative estimate of drug-likeness (QED) is 0.468. The number of nitrogens with one attached hydrogen (secondary N) is 2. The highest BCUT2D eigenvalue weighted by Gasteiger charge is 2.50. The van der Waals surface area contributed by atoms with E-state index in [-0.39, 0.29) is 5.92 Å². The molecule has 5 N–H and O–H groups in total. The van der Waals surface area contributed by atoms with Crippen LogP contribution >= 0.6 is 0 Å². The summed E-state index contributed by atoms with van der Waals surface area (Å²) in [6.45, 7) is 6.05. The summed E-state index contributed by atoms with van der Waals surface area (Å²) in [7, 11) is 0. The number of hydrogen-bond donors (Lipinski definition) is 5. The Hall–Kier alpha value is -0.200. The molecule has 0 amide bonds. The van der Waals surface area contributed by atoms with Gasteiger partial charge in [-0.3, -0.25) is 10.6 Å². The molecule has 0 aromatic carbocycles. The van der Waals surface area contributed by atoms with Crippen molar-refractivity contribution in [2.75, 3.05) is 0 Å². The molecule has 5 heteroatoms. The van der Waals surface area contributed by atoms with Crippen molar-refractivity contribution < 1.29 is 15.3 Å². The molecule has 16 heavy (non-hydrogen) atoms. The molecule has 0 saturated carbocycles. The molecule has 3 atom stereocenters. The van der Waals surface area contributed by atoms with E-state index in [0.717, 1.165) is 12.8 Å². The zero-order valence-corrected chi connectivity index (χ0v) is 10.3. The third kappa shape index (κ3) is 2.24. The highest BCUT2D eigenvalue weighted by Crippen LogP contribution is 2.41. The fraction of sp³-hybridized carbons (Fsp3) is 1.00. The van der Waals surface area contributed by atoms with Gasteiger partial charge in [-0.05, 0) is 12.3 Å². The lowest BCUT2D eigenvalue weighted by Crippen LogP contribution is -2.70. The van der Waals surface area contributed by atoms with Crippen molar-refractivity contribution >= 4 is 0 Å². The summed E-state index contributed by atoms with van der Waals surface area (Å²) in [6.07, 6.45) is -0.274. The van der Waals surface area contributed by atoms with Crippen molar-refractivity contribution in [3.8, 4) is 0 Å². The van der Waals surface area contributed by atoms with Crippen molar-refractivity contribution in [2.45, 2.75) is 58.8 Å². The monoisotopic (exact) mass is 232 g/mol. The highest BCUT2D eigenvalue weighted by molar-refractivity contribution is 4.96. The van der Waals surface area contributed by atoms with E-state index in [4.69, 9.17) is 0 Å². The van der Waals surface area contributed by atoms with Crippen LogP contribution in [0.25, 0.3) is 0 Å². The minimum absolute atomic E-state index is 0.167. The molecule has 1 aliphatic rings. The van der Waals surface area contributed by atoms with Crippen molar-refractivity contribution in [1.82, 2.24) is 10.6 Å². The number of aliphatic hydroxyl groups is 3. The molecule has 5 nitrogen and oxygen atoms in total. The standard InChI is InChI=1S/C11H24N2O3/c1-4-6-7(3)11(5-2)8(14)12-10(16)13-9(11)15/h7-10,12-16H,4-6H2,1-3H3. The summed E-state index contributed by atoms with van der Waals surface area (Å²) < 4.78 is 0. The second-order valence-corrected chi connectivity index (χ2v) is 4.70. The van der Waals surface area contributed by atoms with Crippen LogP contribution in [0.5, 0.6) is 0 Å². The van der Waals surface area contributed by atoms with Crippen molar-refractivity contribution in [3.63, 3.8) is 0 Å². The molecule has 0 bridgehead atoms. The van der Waals surface area contributed by atoms with Crippen LogP contribution in [-0.2, 0) is 0 Å². The Morgan fingerprint density at radius 2 is 1.62 bits per heavy atom. The van der Waals surface area contributed by atoms with E-state index in [9.17, 15) is 15.3 Å². The van der Waals surface area contributed by atoms with Gasteiger partial charge in [-0.15, -0.1) is 0 Å². The molecule has 1 fully saturated rings. The Bertz CT molecular complexity index is 205. The van der Waals surface area contributed by atoms with Crippen molar-refractivity contribution in [1.29, 1.82) is 0 Å². The Morgan fingerprint density at radius 3 is 2.00 bits per heavy atom. The summed E-state index contributed by atoms with van der Waals surface area (Å²) >= 11 is 0. The van der Waals surface area contributed by atoms with E-state index in [1.165, 1.54) is 0 Å². The zero-order valence-electron chi connectivity index (χ0n) is 10.3. The molecule has 1 aliphatic heterocycles. The topological polar surface area (TPSA) is 84.8 Å². The molecule has 1 saturated heterocycles. The number of hydrogen-bond acceptors (Lipinski definition) is 5. The molecule has 96 valence electrons. The summed E-state index contributed by atoms with van der Waals surface area (Å²) in [5, 5.41) is 34.8. The van der Waals surface area contributed by atoms with E-state index < -0.39 is 24.2 Å². The van der Waals surface area contributed by atoms with Crippen LogP contribution in [0.15, 0.2) is 0 Å². The molecule has 0 aromatic rings. The minimum Gasteiger partial charge on any atom is -0.378 e.